The highest BCUT2D eigenvalue weighted by Crippen LogP contribution is 2.23. The molecule has 0 fully saturated rings. The third kappa shape index (κ3) is 5.75. The van der Waals surface area contributed by atoms with E-state index < -0.39 is 14.9 Å². The van der Waals surface area contributed by atoms with Crippen LogP contribution in [0.1, 0.15) is 13.3 Å². The molecule has 1 rings (SSSR count). The molecule has 118 valence electrons. The van der Waals surface area contributed by atoms with Gasteiger partial charge in [-0.25, -0.2) is 12.7 Å². The molecule has 1 aromatic carbocycles. The number of benzene rings is 1. The number of rotatable bonds is 8. The van der Waals surface area contributed by atoms with Crippen LogP contribution in [-0.2, 0) is 10.0 Å². The average Bonchev–Trinajstić information content (AvgIpc) is 2.38. The van der Waals surface area contributed by atoms with E-state index in [-0.39, 0.29) is 5.69 Å². The molecule has 0 radical (unpaired) electrons. The van der Waals surface area contributed by atoms with Gasteiger partial charge in [-0.3, -0.25) is 10.1 Å². The number of nitrogens with one attached hydrogen (secondary N) is 1. The van der Waals surface area contributed by atoms with Gasteiger partial charge < -0.3 is 5.32 Å². The van der Waals surface area contributed by atoms with E-state index in [1.54, 1.807) is 13.0 Å². The van der Waals surface area contributed by atoms with E-state index in [2.05, 4.69) is 5.32 Å². The maximum Gasteiger partial charge on any atom is 0.270 e. The van der Waals surface area contributed by atoms with Crippen molar-refractivity contribution in [1.29, 1.82) is 0 Å². The summed E-state index contributed by atoms with van der Waals surface area (Å²) in [6.07, 6.45) is 1.86. The first kappa shape index (κ1) is 18.1. The second kappa shape index (κ2) is 7.90. The number of nitro benzene ring substituents is 1. The van der Waals surface area contributed by atoms with Gasteiger partial charge in [-0.05, 0) is 35.1 Å². The summed E-state index contributed by atoms with van der Waals surface area (Å²) in [7, 11) is -3.15. The lowest BCUT2D eigenvalue weighted by atomic mass is 10.3. The Morgan fingerprint density at radius 3 is 2.57 bits per heavy atom. The molecule has 9 heteroatoms. The van der Waals surface area contributed by atoms with Gasteiger partial charge in [-0.1, -0.05) is 6.92 Å². The monoisotopic (exact) mass is 427 g/mol. The van der Waals surface area contributed by atoms with Gasteiger partial charge in [-0.15, -0.1) is 0 Å². The van der Waals surface area contributed by atoms with Crippen LogP contribution in [0.25, 0.3) is 0 Å². The highest BCUT2D eigenvalue weighted by molar-refractivity contribution is 14.1. The summed E-state index contributed by atoms with van der Waals surface area (Å²) in [5.41, 5.74) is 0.864. The molecule has 0 spiro atoms. The normalized spacial score (nSPS) is 11.6. The van der Waals surface area contributed by atoms with Gasteiger partial charge in [-0.2, -0.15) is 0 Å². The zero-order chi connectivity index (χ0) is 16.0. The van der Waals surface area contributed by atoms with Crippen LogP contribution in [0.3, 0.4) is 0 Å². The SMILES string of the molecule is CCN(CCCNc1ccc([N+](=O)[O-])cc1I)S(C)(=O)=O. The van der Waals surface area contributed by atoms with Gasteiger partial charge in [0.15, 0.2) is 0 Å². The molecular formula is C12H18IN3O4S. The zero-order valence-corrected chi connectivity index (χ0v) is 14.8. The fraction of sp³-hybridized carbons (Fsp3) is 0.500. The standard InChI is InChI=1S/C12H18IN3O4S/c1-3-15(21(2,19)20)8-4-7-14-12-6-5-10(16(17)18)9-11(12)13/h5-6,9,14H,3-4,7-8H2,1-2H3. The minimum absolute atomic E-state index is 0.0548. The van der Waals surface area contributed by atoms with E-state index in [4.69, 9.17) is 0 Å². The molecule has 1 aromatic rings. The van der Waals surface area contributed by atoms with Crippen molar-refractivity contribution in [3.8, 4) is 0 Å². The van der Waals surface area contributed by atoms with Crippen LogP contribution in [0.4, 0.5) is 11.4 Å². The lowest BCUT2D eigenvalue weighted by molar-refractivity contribution is -0.384. The number of anilines is 1. The first-order valence-electron chi connectivity index (χ1n) is 6.38. The van der Waals surface area contributed by atoms with Crippen LogP contribution in [0.15, 0.2) is 18.2 Å². The van der Waals surface area contributed by atoms with E-state index in [1.807, 2.05) is 22.6 Å². The summed E-state index contributed by atoms with van der Waals surface area (Å²) in [4.78, 5) is 10.2. The largest absolute Gasteiger partial charge is 0.384 e. The number of sulfonamides is 1. The predicted octanol–water partition coefficient (Wildman–Crippen LogP) is 2.28. The van der Waals surface area contributed by atoms with E-state index in [0.29, 0.717) is 26.1 Å². The Morgan fingerprint density at radius 2 is 2.10 bits per heavy atom. The van der Waals surface area contributed by atoms with Crippen molar-refractivity contribution in [3.05, 3.63) is 31.9 Å². The number of halogens is 1. The predicted molar refractivity (Wildman–Crippen MR) is 91.0 cm³/mol. The van der Waals surface area contributed by atoms with E-state index in [0.717, 1.165) is 9.26 Å². The highest BCUT2D eigenvalue weighted by Gasteiger charge is 2.13. The fourth-order valence-corrected chi connectivity index (χ4v) is 3.42. The van der Waals surface area contributed by atoms with Crippen molar-refractivity contribution in [2.24, 2.45) is 0 Å². The van der Waals surface area contributed by atoms with Crippen molar-refractivity contribution in [1.82, 2.24) is 4.31 Å². The minimum atomic E-state index is -3.15. The van der Waals surface area contributed by atoms with Gasteiger partial charge in [0.05, 0.1) is 11.2 Å². The lowest BCUT2D eigenvalue weighted by Crippen LogP contribution is -2.31. The van der Waals surface area contributed by atoms with Gasteiger partial charge in [0.2, 0.25) is 10.0 Å². The van der Waals surface area contributed by atoms with Crippen molar-refractivity contribution < 1.29 is 13.3 Å². The molecule has 0 unspecified atom stereocenters. The molecule has 7 nitrogen and oxygen atoms in total. The summed E-state index contributed by atoms with van der Waals surface area (Å²) in [5, 5.41) is 13.8. The molecule has 0 amide bonds. The Labute approximate surface area is 138 Å². The third-order valence-electron chi connectivity index (χ3n) is 2.88. The summed E-state index contributed by atoms with van der Waals surface area (Å²) >= 11 is 2.03. The summed E-state index contributed by atoms with van der Waals surface area (Å²) in [5.74, 6) is 0. The van der Waals surface area contributed by atoms with Crippen LogP contribution < -0.4 is 5.32 Å². The minimum Gasteiger partial charge on any atom is -0.384 e. The van der Waals surface area contributed by atoms with Gasteiger partial charge in [0.1, 0.15) is 0 Å². The smallest absolute Gasteiger partial charge is 0.270 e. The lowest BCUT2D eigenvalue weighted by Gasteiger charge is -2.18. The summed E-state index contributed by atoms with van der Waals surface area (Å²) in [6, 6.07) is 4.60. The molecule has 0 aliphatic heterocycles. The highest BCUT2D eigenvalue weighted by atomic mass is 127. The first-order valence-corrected chi connectivity index (χ1v) is 9.31. The molecule has 0 saturated heterocycles. The maximum atomic E-state index is 11.4. The van der Waals surface area contributed by atoms with Crippen LogP contribution in [-0.4, -0.2) is 43.5 Å². The van der Waals surface area contributed by atoms with E-state index in [1.165, 1.54) is 22.7 Å². The first-order chi connectivity index (χ1) is 9.75. The van der Waals surface area contributed by atoms with Crippen LogP contribution in [0.2, 0.25) is 0 Å². The van der Waals surface area contributed by atoms with Crippen molar-refractivity contribution >= 4 is 44.0 Å². The van der Waals surface area contributed by atoms with Crippen molar-refractivity contribution in [2.45, 2.75) is 13.3 Å². The van der Waals surface area contributed by atoms with E-state index in [9.17, 15) is 18.5 Å². The quantitative estimate of drug-likeness (QED) is 0.298. The molecule has 0 aliphatic rings. The topological polar surface area (TPSA) is 92.5 Å². The Balaban J connectivity index is 2.52. The molecule has 0 heterocycles. The zero-order valence-electron chi connectivity index (χ0n) is 11.9. The second-order valence-corrected chi connectivity index (χ2v) is 7.60. The maximum absolute atomic E-state index is 11.4. The van der Waals surface area contributed by atoms with Crippen molar-refractivity contribution in [2.75, 3.05) is 31.2 Å². The Morgan fingerprint density at radius 1 is 1.43 bits per heavy atom. The van der Waals surface area contributed by atoms with E-state index >= 15 is 0 Å². The second-order valence-electron chi connectivity index (χ2n) is 4.46. The molecule has 0 aliphatic carbocycles. The summed E-state index contributed by atoms with van der Waals surface area (Å²) < 4.78 is 25.0. The Kier molecular flexibility index (Phi) is 6.81. The van der Waals surface area contributed by atoms with Gasteiger partial charge in [0.25, 0.3) is 5.69 Å². The molecule has 0 atom stereocenters. The number of non-ortho nitro benzene ring substituents is 1. The van der Waals surface area contributed by atoms with Crippen LogP contribution >= 0.6 is 22.6 Å². The van der Waals surface area contributed by atoms with Crippen molar-refractivity contribution in [3.63, 3.8) is 0 Å². The molecular weight excluding hydrogens is 409 g/mol. The number of nitro groups is 1. The number of nitrogens with zero attached hydrogens (tertiary/aromatic N) is 2. The molecule has 21 heavy (non-hydrogen) atoms. The Bertz CT molecular complexity index is 607. The average molecular weight is 427 g/mol. The molecule has 0 saturated carbocycles. The fourth-order valence-electron chi connectivity index (χ4n) is 1.80. The Hall–Kier alpha value is -0.940. The number of hydrogen-bond donors (Lipinski definition) is 1. The van der Waals surface area contributed by atoms with Crippen LogP contribution in [0.5, 0.6) is 0 Å². The molecule has 0 aromatic heterocycles. The molecule has 0 bridgehead atoms. The van der Waals surface area contributed by atoms with Crippen LogP contribution in [0, 0.1) is 13.7 Å². The number of hydrogen-bond acceptors (Lipinski definition) is 5. The van der Waals surface area contributed by atoms with Gasteiger partial charge in [0, 0.05) is 41.0 Å². The third-order valence-corrected chi connectivity index (χ3v) is 5.16. The summed E-state index contributed by atoms with van der Waals surface area (Å²) in [6.45, 7) is 3.30. The molecule has 1 N–H and O–H groups in total. The van der Waals surface area contributed by atoms with Gasteiger partial charge >= 0.3 is 0 Å².